The molecule has 1 aliphatic rings. The maximum Gasteiger partial charge on any atom is 0.573 e. The number of benzene rings is 2. The number of piperidine rings is 1. The lowest BCUT2D eigenvalue weighted by atomic mass is 9.98. The van der Waals surface area contributed by atoms with E-state index in [4.69, 9.17) is 12.2 Å². The second-order valence-corrected chi connectivity index (χ2v) is 10.6. The van der Waals surface area contributed by atoms with Crippen LogP contribution in [-0.2, 0) is 0 Å². The van der Waals surface area contributed by atoms with Crippen LogP contribution < -0.4 is 15.4 Å². The molecule has 2 aromatic carbocycles. The van der Waals surface area contributed by atoms with Crippen LogP contribution in [0.4, 0.5) is 18.9 Å². The van der Waals surface area contributed by atoms with Crippen LogP contribution in [0.25, 0.3) is 11.1 Å². The largest absolute Gasteiger partial charge is 0.573 e. The second kappa shape index (κ2) is 13.3. The molecule has 2 heterocycles. The van der Waals surface area contributed by atoms with Gasteiger partial charge in [-0.15, -0.1) is 24.5 Å². The van der Waals surface area contributed by atoms with Crippen molar-refractivity contribution in [1.82, 2.24) is 15.2 Å². The zero-order valence-corrected chi connectivity index (χ0v) is 23.2. The Bertz CT molecular complexity index is 1260. The van der Waals surface area contributed by atoms with Crippen LogP contribution >= 0.6 is 23.6 Å². The normalized spacial score (nSPS) is 14.2. The summed E-state index contributed by atoms with van der Waals surface area (Å²) in [5.41, 5.74) is 2.19. The van der Waals surface area contributed by atoms with E-state index < -0.39 is 6.36 Å². The molecule has 0 radical (unpaired) electrons. The number of anilines is 1. The smallest absolute Gasteiger partial charge is 0.406 e. The van der Waals surface area contributed by atoms with Gasteiger partial charge in [0, 0.05) is 42.2 Å². The number of nitrogens with one attached hydrogen (secondary N) is 2. The van der Waals surface area contributed by atoms with E-state index in [1.54, 1.807) is 29.6 Å². The number of amides is 1. The lowest BCUT2D eigenvalue weighted by Gasteiger charge is -2.33. The quantitative estimate of drug-likeness (QED) is 0.207. The van der Waals surface area contributed by atoms with Gasteiger partial charge in [-0.1, -0.05) is 50.1 Å². The number of aromatic nitrogens is 1. The number of hydrogen-bond acceptors (Lipinski definition) is 5. The molecule has 0 unspecified atom stereocenters. The summed E-state index contributed by atoms with van der Waals surface area (Å²) in [7, 11) is 0. The topological polar surface area (TPSA) is 66.5 Å². The molecular weight excluding hydrogens is 545 g/mol. The number of thiocarbonyl (C=S) groups is 1. The van der Waals surface area contributed by atoms with Crippen molar-refractivity contribution >= 4 is 40.3 Å². The van der Waals surface area contributed by atoms with Crippen LogP contribution in [0.2, 0.25) is 0 Å². The Morgan fingerprint density at radius 3 is 2.54 bits per heavy atom. The average molecular weight is 577 g/mol. The van der Waals surface area contributed by atoms with E-state index in [1.807, 2.05) is 0 Å². The summed E-state index contributed by atoms with van der Waals surface area (Å²) in [5, 5.41) is 9.77. The molecule has 208 valence electrons. The fourth-order valence-electron chi connectivity index (χ4n) is 4.46. The molecule has 6 nitrogen and oxygen atoms in total. The predicted molar refractivity (Wildman–Crippen MR) is 152 cm³/mol. The Morgan fingerprint density at radius 2 is 1.85 bits per heavy atom. The van der Waals surface area contributed by atoms with Crippen LogP contribution in [0, 0.1) is 0 Å². The first-order valence-corrected chi connectivity index (χ1v) is 14.3. The molecule has 0 saturated carbocycles. The van der Waals surface area contributed by atoms with Gasteiger partial charge >= 0.3 is 6.36 Å². The third-order valence-electron chi connectivity index (χ3n) is 6.52. The van der Waals surface area contributed by atoms with Gasteiger partial charge in [0.05, 0.1) is 5.01 Å². The van der Waals surface area contributed by atoms with Crippen LogP contribution in [0.3, 0.4) is 0 Å². The average Bonchev–Trinajstić information content (AvgIpc) is 3.42. The third kappa shape index (κ3) is 8.15. The Labute approximate surface area is 235 Å². The van der Waals surface area contributed by atoms with Crippen molar-refractivity contribution in [2.45, 2.75) is 51.3 Å². The molecule has 0 spiro atoms. The second-order valence-electron chi connectivity index (χ2n) is 9.34. The highest BCUT2D eigenvalue weighted by molar-refractivity contribution is 7.80. The number of nitrogens with zero attached hydrogens (tertiary/aromatic N) is 2. The molecule has 0 atom stereocenters. The van der Waals surface area contributed by atoms with Crippen molar-refractivity contribution in [3.8, 4) is 16.9 Å². The van der Waals surface area contributed by atoms with Gasteiger partial charge in [-0.3, -0.25) is 4.79 Å². The Morgan fingerprint density at radius 1 is 1.13 bits per heavy atom. The predicted octanol–water partition coefficient (Wildman–Crippen LogP) is 7.21. The third-order valence-corrected chi connectivity index (χ3v) is 7.93. The van der Waals surface area contributed by atoms with Gasteiger partial charge < -0.3 is 20.3 Å². The summed E-state index contributed by atoms with van der Waals surface area (Å²) in [6.07, 6.45) is 0.569. The van der Waals surface area contributed by atoms with Crippen molar-refractivity contribution in [1.29, 1.82) is 0 Å². The van der Waals surface area contributed by atoms with E-state index >= 15 is 0 Å². The number of alkyl halides is 3. The highest BCUT2D eigenvalue weighted by atomic mass is 32.1. The Hall–Kier alpha value is -3.18. The lowest BCUT2D eigenvalue weighted by Crippen LogP contribution is -2.44. The molecule has 1 saturated heterocycles. The van der Waals surface area contributed by atoms with Gasteiger partial charge in [0.15, 0.2) is 5.11 Å². The minimum absolute atomic E-state index is 0.278. The molecule has 39 heavy (non-hydrogen) atoms. The monoisotopic (exact) mass is 576 g/mol. The van der Waals surface area contributed by atoms with Crippen LogP contribution in [0.1, 0.15) is 60.4 Å². The molecule has 0 bridgehead atoms. The Balaban J connectivity index is 1.35. The zero-order chi connectivity index (χ0) is 27.8. The van der Waals surface area contributed by atoms with Crippen molar-refractivity contribution in [3.63, 3.8) is 0 Å². The van der Waals surface area contributed by atoms with Crippen LogP contribution in [0.5, 0.6) is 5.75 Å². The fourth-order valence-corrected chi connectivity index (χ4v) is 5.71. The molecule has 1 fully saturated rings. The molecule has 11 heteroatoms. The van der Waals surface area contributed by atoms with Gasteiger partial charge in [-0.25, -0.2) is 4.98 Å². The summed E-state index contributed by atoms with van der Waals surface area (Å²) in [6.45, 7) is 4.79. The van der Waals surface area contributed by atoms with Crippen LogP contribution in [0.15, 0.2) is 53.9 Å². The van der Waals surface area contributed by atoms with Crippen molar-refractivity contribution in [2.75, 3.05) is 25.0 Å². The molecule has 1 amide bonds. The molecule has 1 aromatic heterocycles. The number of rotatable bonds is 9. The maximum absolute atomic E-state index is 13.0. The highest BCUT2D eigenvalue weighted by Crippen LogP contribution is 2.33. The minimum atomic E-state index is -4.76. The highest BCUT2D eigenvalue weighted by Gasteiger charge is 2.31. The SMILES string of the molecule is CCCCCNC(=S)N1CCC(c2nc(C(=O)Nc3ccccc3-c3ccc(OC(F)(F)F)cc3)cs2)CC1. The standard InChI is InChI=1S/C28H31F3N4O2S2/c1-2-3-6-15-32-27(38)35-16-13-20(14-17-35)26-34-24(18-39-26)25(36)33-23-8-5-4-7-22(23)19-9-11-21(12-10-19)37-28(29,30)31/h4-5,7-12,18,20H,2-3,6,13-17H2,1H3,(H,32,38)(H,33,36). The zero-order valence-electron chi connectivity index (χ0n) is 21.6. The van der Waals surface area contributed by atoms with Crippen molar-refractivity contribution in [3.05, 3.63) is 64.6 Å². The van der Waals surface area contributed by atoms with Gasteiger partial charge in [0.1, 0.15) is 11.4 Å². The number of ether oxygens (including phenoxy) is 1. The number of para-hydroxylation sites is 1. The number of carbonyl (C=O) groups is 1. The minimum Gasteiger partial charge on any atom is -0.406 e. The van der Waals surface area contributed by atoms with E-state index in [-0.39, 0.29) is 17.6 Å². The van der Waals surface area contributed by atoms with Crippen molar-refractivity contribution in [2.24, 2.45) is 0 Å². The van der Waals surface area contributed by atoms with Crippen molar-refractivity contribution < 1.29 is 22.7 Å². The van der Waals surface area contributed by atoms with Crippen LogP contribution in [-0.4, -0.2) is 46.9 Å². The summed E-state index contributed by atoms with van der Waals surface area (Å²) >= 11 is 7.04. The van der Waals surface area contributed by atoms with E-state index in [0.29, 0.717) is 22.5 Å². The molecular formula is C28H31F3N4O2S2. The lowest BCUT2D eigenvalue weighted by molar-refractivity contribution is -0.274. The number of halogens is 3. The van der Waals surface area contributed by atoms with Gasteiger partial charge in [0.25, 0.3) is 5.91 Å². The number of unbranched alkanes of at least 4 members (excludes halogenated alkanes) is 2. The number of hydrogen-bond donors (Lipinski definition) is 2. The van der Waals surface area contributed by atoms with E-state index in [0.717, 1.165) is 49.0 Å². The maximum atomic E-state index is 13.0. The number of carbonyl (C=O) groups excluding carboxylic acids is 1. The summed E-state index contributed by atoms with van der Waals surface area (Å²) in [5.74, 6) is -0.365. The first-order chi connectivity index (χ1) is 18.7. The Kier molecular flexibility index (Phi) is 9.79. The molecule has 1 aliphatic heterocycles. The molecule has 0 aliphatic carbocycles. The van der Waals surface area contributed by atoms with Gasteiger partial charge in [-0.2, -0.15) is 0 Å². The van der Waals surface area contributed by atoms with Gasteiger partial charge in [-0.05, 0) is 55.2 Å². The number of likely N-dealkylation sites (tertiary alicyclic amines) is 1. The van der Waals surface area contributed by atoms with E-state index in [9.17, 15) is 18.0 Å². The molecule has 2 N–H and O–H groups in total. The first kappa shape index (κ1) is 28.8. The van der Waals surface area contributed by atoms with Gasteiger partial charge in [0.2, 0.25) is 0 Å². The summed E-state index contributed by atoms with van der Waals surface area (Å²) in [4.78, 5) is 19.9. The van der Waals surface area contributed by atoms with E-state index in [2.05, 4.69) is 32.2 Å². The first-order valence-electron chi connectivity index (χ1n) is 13.0. The summed E-state index contributed by atoms with van der Waals surface area (Å²) < 4.78 is 41.4. The number of thiazole rings is 1. The molecule has 3 aromatic rings. The van der Waals surface area contributed by atoms with E-state index in [1.165, 1.54) is 48.4 Å². The summed E-state index contributed by atoms with van der Waals surface area (Å²) in [6, 6.07) is 12.6. The molecule has 4 rings (SSSR count). The fraction of sp³-hybridized carbons (Fsp3) is 0.393.